The summed E-state index contributed by atoms with van der Waals surface area (Å²) in [7, 11) is -0.662. The molecule has 0 aliphatic carbocycles. The van der Waals surface area contributed by atoms with Gasteiger partial charge in [0.25, 0.3) is 11.5 Å². The third kappa shape index (κ3) is 3.97. The van der Waals surface area contributed by atoms with Gasteiger partial charge in [-0.15, -0.1) is 0 Å². The maximum atomic E-state index is 12.3. The molecule has 0 atom stereocenters. The van der Waals surface area contributed by atoms with Gasteiger partial charge in [-0.3, -0.25) is 9.59 Å². The number of nitrogens with one attached hydrogen (secondary N) is 2. The number of aryl methyl sites for hydroxylation is 1. The van der Waals surface area contributed by atoms with E-state index in [4.69, 9.17) is 0 Å². The summed E-state index contributed by atoms with van der Waals surface area (Å²) >= 11 is 0. The maximum absolute atomic E-state index is 12.3. The Hall–Kier alpha value is -2.97. The van der Waals surface area contributed by atoms with Crippen molar-refractivity contribution in [1.29, 1.82) is 0 Å². The number of carbonyl (C=O) groups is 1. The summed E-state index contributed by atoms with van der Waals surface area (Å²) in [4.78, 5) is 27.5. The van der Waals surface area contributed by atoms with Crippen molar-refractivity contribution >= 4 is 26.8 Å². The van der Waals surface area contributed by atoms with Crippen LogP contribution in [0.3, 0.4) is 0 Å². The van der Waals surface area contributed by atoms with Crippen molar-refractivity contribution in [1.82, 2.24) is 14.6 Å². The Morgan fingerprint density at radius 2 is 1.75 bits per heavy atom. The smallest absolute Gasteiger partial charge is 0.253 e. The van der Waals surface area contributed by atoms with Crippen LogP contribution in [0.5, 0.6) is 0 Å². The van der Waals surface area contributed by atoms with Crippen LogP contribution in [-0.4, -0.2) is 37.7 Å². The van der Waals surface area contributed by atoms with Gasteiger partial charge in [0.2, 0.25) is 10.0 Å². The van der Waals surface area contributed by atoms with E-state index in [-0.39, 0.29) is 17.0 Å². The van der Waals surface area contributed by atoms with E-state index >= 15 is 0 Å². The molecule has 146 valence electrons. The van der Waals surface area contributed by atoms with Gasteiger partial charge in [-0.05, 0) is 54.3 Å². The quantitative estimate of drug-likeness (QED) is 0.686. The van der Waals surface area contributed by atoms with Crippen molar-refractivity contribution in [2.75, 3.05) is 14.1 Å². The predicted octanol–water partition coefficient (Wildman–Crippen LogP) is 2.02. The molecule has 0 saturated heterocycles. The maximum Gasteiger partial charge on any atom is 0.253 e. The largest absolute Gasteiger partial charge is 0.348 e. The van der Waals surface area contributed by atoms with E-state index < -0.39 is 15.9 Å². The number of aromatic amines is 1. The van der Waals surface area contributed by atoms with Crippen molar-refractivity contribution in [3.8, 4) is 0 Å². The number of amides is 1. The first-order valence-corrected chi connectivity index (χ1v) is 10.1. The Morgan fingerprint density at radius 3 is 2.39 bits per heavy atom. The number of sulfonamides is 1. The molecule has 1 aromatic heterocycles. The Bertz CT molecular complexity index is 1200. The van der Waals surface area contributed by atoms with Gasteiger partial charge in [-0.1, -0.05) is 12.1 Å². The Labute approximate surface area is 163 Å². The van der Waals surface area contributed by atoms with Crippen molar-refractivity contribution < 1.29 is 13.2 Å². The van der Waals surface area contributed by atoms with Crippen LogP contribution in [0.15, 0.2) is 58.2 Å². The number of benzene rings is 2. The number of hydrogen-bond acceptors (Lipinski definition) is 4. The number of rotatable bonds is 5. The highest BCUT2D eigenvalue weighted by Crippen LogP contribution is 2.15. The fraction of sp³-hybridized carbons (Fsp3) is 0.200. The monoisotopic (exact) mass is 399 g/mol. The van der Waals surface area contributed by atoms with Crippen LogP contribution in [0.25, 0.3) is 10.9 Å². The number of H-pyrrole nitrogens is 1. The number of hydrogen-bond donors (Lipinski definition) is 2. The standard InChI is InChI=1S/C20H21N3O4S/c1-13-4-5-15-11-16(20(25)22-18(15)10-13)12-21-19(24)14-6-8-17(9-7-14)28(26,27)23(2)3/h4-11H,12H2,1-3H3,(H,21,24)(H,22,25). The number of nitrogens with zero attached hydrogens (tertiary/aromatic N) is 1. The third-order valence-corrected chi connectivity index (χ3v) is 6.24. The Balaban J connectivity index is 1.75. The molecule has 0 aliphatic rings. The molecule has 0 aliphatic heterocycles. The molecular weight excluding hydrogens is 378 g/mol. The molecule has 2 N–H and O–H groups in total. The zero-order valence-corrected chi connectivity index (χ0v) is 16.6. The molecule has 0 bridgehead atoms. The van der Waals surface area contributed by atoms with Gasteiger partial charge >= 0.3 is 0 Å². The molecule has 0 radical (unpaired) electrons. The highest BCUT2D eigenvalue weighted by molar-refractivity contribution is 7.89. The fourth-order valence-electron chi connectivity index (χ4n) is 2.76. The first-order valence-electron chi connectivity index (χ1n) is 8.62. The number of fused-ring (bicyclic) bond motifs is 1. The van der Waals surface area contributed by atoms with Gasteiger partial charge in [-0.2, -0.15) is 0 Å². The molecule has 8 heteroatoms. The highest BCUT2D eigenvalue weighted by Gasteiger charge is 2.17. The summed E-state index contributed by atoms with van der Waals surface area (Å²) in [6.07, 6.45) is 0. The normalized spacial score (nSPS) is 11.7. The number of carbonyl (C=O) groups excluding carboxylic acids is 1. The van der Waals surface area contributed by atoms with Gasteiger partial charge in [0.15, 0.2) is 0 Å². The van der Waals surface area contributed by atoms with Crippen LogP contribution >= 0.6 is 0 Å². The minimum atomic E-state index is -3.55. The van der Waals surface area contributed by atoms with E-state index in [1.54, 1.807) is 6.07 Å². The summed E-state index contributed by atoms with van der Waals surface area (Å²) in [5, 5.41) is 3.58. The van der Waals surface area contributed by atoms with Crippen molar-refractivity contribution in [2.45, 2.75) is 18.4 Å². The molecule has 0 spiro atoms. The second-order valence-electron chi connectivity index (χ2n) is 6.71. The average molecular weight is 399 g/mol. The highest BCUT2D eigenvalue weighted by atomic mass is 32.2. The predicted molar refractivity (Wildman–Crippen MR) is 108 cm³/mol. The zero-order valence-electron chi connectivity index (χ0n) is 15.8. The molecule has 0 unspecified atom stereocenters. The lowest BCUT2D eigenvalue weighted by molar-refractivity contribution is 0.0950. The molecule has 1 amide bonds. The molecule has 28 heavy (non-hydrogen) atoms. The second kappa shape index (κ2) is 7.57. The minimum absolute atomic E-state index is 0.0652. The lowest BCUT2D eigenvalue weighted by Crippen LogP contribution is -2.27. The number of pyridine rings is 1. The van der Waals surface area contributed by atoms with Gasteiger partial charge in [0, 0.05) is 37.3 Å². The molecule has 0 saturated carbocycles. The van der Waals surface area contributed by atoms with Crippen LogP contribution in [0.4, 0.5) is 0 Å². The summed E-state index contributed by atoms with van der Waals surface area (Å²) in [6.45, 7) is 2.01. The first kappa shape index (κ1) is 19.8. The number of aromatic nitrogens is 1. The molecule has 1 heterocycles. The zero-order chi connectivity index (χ0) is 20.5. The third-order valence-electron chi connectivity index (χ3n) is 4.41. The van der Waals surface area contributed by atoms with Crippen LogP contribution in [0.2, 0.25) is 0 Å². The summed E-state index contributed by atoms with van der Waals surface area (Å²) in [5.74, 6) is -0.391. The molecule has 2 aromatic carbocycles. The van der Waals surface area contributed by atoms with E-state index in [0.717, 1.165) is 20.8 Å². The molecular formula is C20H21N3O4S. The van der Waals surface area contributed by atoms with Crippen LogP contribution in [0.1, 0.15) is 21.5 Å². The van der Waals surface area contributed by atoms with Crippen LogP contribution in [-0.2, 0) is 16.6 Å². The molecule has 3 aromatic rings. The van der Waals surface area contributed by atoms with Gasteiger partial charge in [0.05, 0.1) is 4.90 Å². The molecule has 3 rings (SSSR count). The van der Waals surface area contributed by atoms with E-state index in [9.17, 15) is 18.0 Å². The SMILES string of the molecule is Cc1ccc2cc(CNC(=O)c3ccc(S(=O)(=O)N(C)C)cc3)c(=O)[nH]c2c1. The van der Waals surface area contributed by atoms with Crippen molar-refractivity contribution in [2.24, 2.45) is 0 Å². The van der Waals surface area contributed by atoms with Crippen molar-refractivity contribution in [3.05, 3.63) is 75.6 Å². The van der Waals surface area contributed by atoms with Gasteiger partial charge < -0.3 is 10.3 Å². The first-order chi connectivity index (χ1) is 13.2. The summed E-state index contributed by atoms with van der Waals surface area (Å²) in [6, 6.07) is 13.2. The molecule has 7 nitrogen and oxygen atoms in total. The second-order valence-corrected chi connectivity index (χ2v) is 8.86. The Morgan fingerprint density at radius 1 is 1.07 bits per heavy atom. The van der Waals surface area contributed by atoms with E-state index in [2.05, 4.69) is 10.3 Å². The van der Waals surface area contributed by atoms with Crippen LogP contribution < -0.4 is 10.9 Å². The Kier molecular flexibility index (Phi) is 5.35. The lowest BCUT2D eigenvalue weighted by atomic mass is 10.1. The summed E-state index contributed by atoms with van der Waals surface area (Å²) in [5.41, 5.74) is 2.29. The van der Waals surface area contributed by atoms with E-state index in [1.807, 2.05) is 25.1 Å². The van der Waals surface area contributed by atoms with E-state index in [0.29, 0.717) is 11.1 Å². The molecule has 0 fully saturated rings. The van der Waals surface area contributed by atoms with Crippen LogP contribution in [0, 0.1) is 6.92 Å². The van der Waals surface area contributed by atoms with E-state index in [1.165, 1.54) is 38.4 Å². The van der Waals surface area contributed by atoms with Gasteiger partial charge in [-0.25, -0.2) is 12.7 Å². The average Bonchev–Trinajstić information content (AvgIpc) is 2.66. The summed E-state index contributed by atoms with van der Waals surface area (Å²) < 4.78 is 25.3. The topological polar surface area (TPSA) is 99.3 Å². The van der Waals surface area contributed by atoms with Gasteiger partial charge in [0.1, 0.15) is 0 Å². The van der Waals surface area contributed by atoms with Crippen molar-refractivity contribution in [3.63, 3.8) is 0 Å². The fourth-order valence-corrected chi connectivity index (χ4v) is 3.66. The lowest BCUT2D eigenvalue weighted by Gasteiger charge is -2.11. The minimum Gasteiger partial charge on any atom is -0.348 e.